The zero-order valence-electron chi connectivity index (χ0n) is 37.5. The first-order chi connectivity index (χ1) is 29.7. The molecule has 1 amide bonds. The van der Waals surface area contributed by atoms with Crippen LogP contribution in [-0.4, -0.2) is 125 Å². The molecular formula is C48H62N2O13. The molecule has 15 nitrogen and oxygen atoms in total. The summed E-state index contributed by atoms with van der Waals surface area (Å²) >= 11 is 0. The summed E-state index contributed by atoms with van der Waals surface area (Å²) in [6.07, 6.45) is -6.40. The van der Waals surface area contributed by atoms with Crippen molar-refractivity contribution in [3.05, 3.63) is 82.9 Å². The van der Waals surface area contributed by atoms with Crippen LogP contribution < -0.4 is 5.32 Å². The van der Waals surface area contributed by atoms with Gasteiger partial charge in [-0.05, 0) is 88.9 Å². The Kier molecular flexibility index (Phi) is 11.9. The molecule has 0 aromatic heterocycles. The maximum Gasteiger partial charge on any atom is 0.408 e. The van der Waals surface area contributed by atoms with Crippen LogP contribution >= 0.6 is 0 Å². The molecule has 6 aliphatic rings. The number of fused-ring (bicyclic) bond motifs is 8. The number of hydrogen-bond acceptors (Lipinski definition) is 14. The quantitative estimate of drug-likeness (QED) is 0.161. The molecule has 342 valence electrons. The van der Waals surface area contributed by atoms with Crippen molar-refractivity contribution in [3.8, 4) is 0 Å². The first kappa shape index (κ1) is 45.2. The van der Waals surface area contributed by atoms with Crippen LogP contribution in [0.3, 0.4) is 0 Å². The number of carbonyl (C=O) groups excluding carboxylic acids is 4. The van der Waals surface area contributed by atoms with Gasteiger partial charge in [-0.1, -0.05) is 69.3 Å². The molecule has 12 atom stereocenters. The summed E-state index contributed by atoms with van der Waals surface area (Å²) in [6, 6.07) is 15.7. The van der Waals surface area contributed by atoms with Gasteiger partial charge in [0.05, 0.1) is 30.2 Å². The normalized spacial score (nSPS) is 35.4. The predicted octanol–water partition coefficient (Wildman–Crippen LogP) is 5.17. The molecule has 3 heterocycles. The molecule has 3 aliphatic carbocycles. The fourth-order valence-corrected chi connectivity index (χ4v) is 11.3. The number of carbonyl (C=O) groups is 4. The van der Waals surface area contributed by atoms with Gasteiger partial charge in [-0.25, -0.2) is 14.4 Å². The van der Waals surface area contributed by atoms with Crippen LogP contribution in [0.2, 0.25) is 0 Å². The molecule has 3 N–H and O–H groups in total. The Morgan fingerprint density at radius 2 is 1.63 bits per heavy atom. The van der Waals surface area contributed by atoms with E-state index < -0.39 is 107 Å². The second-order valence-electron chi connectivity index (χ2n) is 20.0. The molecule has 0 unspecified atom stereocenters. The summed E-state index contributed by atoms with van der Waals surface area (Å²) < 4.78 is 45.1. The van der Waals surface area contributed by atoms with Gasteiger partial charge >= 0.3 is 24.0 Å². The van der Waals surface area contributed by atoms with E-state index in [0.29, 0.717) is 36.1 Å². The van der Waals surface area contributed by atoms with E-state index in [-0.39, 0.29) is 18.6 Å². The van der Waals surface area contributed by atoms with Gasteiger partial charge in [-0.3, -0.25) is 9.69 Å². The Bertz CT molecular complexity index is 2100. The van der Waals surface area contributed by atoms with Crippen molar-refractivity contribution in [1.29, 1.82) is 0 Å². The summed E-state index contributed by atoms with van der Waals surface area (Å²) in [6.45, 7) is 16.3. The number of nitrogens with zero attached hydrogens (tertiary/aromatic N) is 1. The van der Waals surface area contributed by atoms with Gasteiger partial charge in [0.15, 0.2) is 18.0 Å². The molecular weight excluding hydrogens is 813 g/mol. The lowest BCUT2D eigenvalue weighted by atomic mass is 9.45. The maximum absolute atomic E-state index is 14.5. The Hall–Kier alpha value is -4.38. The van der Waals surface area contributed by atoms with Crippen LogP contribution in [0.5, 0.6) is 0 Å². The lowest BCUT2D eigenvalue weighted by Gasteiger charge is -2.68. The summed E-state index contributed by atoms with van der Waals surface area (Å²) in [5.41, 5.74) is -4.62. The standard InChI is InChI=1S/C48H62N2O13/c1-27-31(58-42(54)36(52)35(29-16-11-9-12-17-29)49-43(55)63-44(3,4)5)24-48(56)40(61-41(53)30-18-13-10-14-19-30)38-46(8,21-20-32-47(38,26-57-32)62-28(2)51)39-37(34(27)45(48,6)7)59-33(60-39)25-50-22-15-23-50/h9-14,16-19,31-33,35-40,52,56H,15,20-26H2,1-8H3,(H,49,55)/t31-,32+,33+,35-,36+,37+,38-,39+,40-,46+,47-,48+/m0/s1. The highest BCUT2D eigenvalue weighted by atomic mass is 16.7. The zero-order chi connectivity index (χ0) is 45.3. The Morgan fingerprint density at radius 1 is 0.968 bits per heavy atom. The van der Waals surface area contributed by atoms with Gasteiger partial charge in [0.25, 0.3) is 0 Å². The molecule has 3 aliphatic heterocycles. The van der Waals surface area contributed by atoms with Crippen LogP contribution in [-0.2, 0) is 42.7 Å². The Morgan fingerprint density at radius 3 is 2.22 bits per heavy atom. The number of ether oxygens (including phenoxy) is 7. The van der Waals surface area contributed by atoms with Gasteiger partial charge in [-0.15, -0.1) is 0 Å². The van der Waals surface area contributed by atoms with E-state index in [2.05, 4.69) is 10.2 Å². The SMILES string of the molecule is CC(=O)O[C@@]12CO[C@@H]1CC[C@@]1(C)[C@@H]3O[C@H](CN4CCC4)O[C@@H]3C3=C(C)[C@@H](OC(=O)[C@H](O)[C@@H](NC(=O)OC(C)(C)C)c4ccccc4)C[C@@](O)([C@@H](OC(=O)c4ccccc4)[C@@H]12)C3(C)C. The second-order valence-corrected chi connectivity index (χ2v) is 20.0. The van der Waals surface area contributed by atoms with Crippen molar-refractivity contribution in [1.82, 2.24) is 10.2 Å². The lowest BCUT2D eigenvalue weighted by molar-refractivity contribution is -0.345. The number of amides is 1. The van der Waals surface area contributed by atoms with Crippen LogP contribution in [0.25, 0.3) is 0 Å². The van der Waals surface area contributed by atoms with E-state index >= 15 is 0 Å². The van der Waals surface area contributed by atoms with E-state index in [1.54, 1.807) is 81.4 Å². The van der Waals surface area contributed by atoms with Crippen LogP contribution in [0.1, 0.15) is 103 Å². The molecule has 2 aromatic rings. The van der Waals surface area contributed by atoms with E-state index in [9.17, 15) is 29.4 Å². The van der Waals surface area contributed by atoms with Gasteiger partial charge in [-0.2, -0.15) is 0 Å². The smallest absolute Gasteiger partial charge is 0.408 e. The van der Waals surface area contributed by atoms with Crippen LogP contribution in [0.4, 0.5) is 4.79 Å². The Labute approximate surface area is 368 Å². The average molecular weight is 875 g/mol. The maximum atomic E-state index is 14.5. The van der Waals surface area contributed by atoms with Crippen molar-refractivity contribution in [2.45, 2.75) is 147 Å². The Balaban J connectivity index is 1.26. The molecule has 2 saturated carbocycles. The van der Waals surface area contributed by atoms with E-state index in [0.717, 1.165) is 19.5 Å². The number of benzene rings is 2. The number of hydrogen-bond donors (Lipinski definition) is 3. The number of aliphatic hydroxyl groups excluding tert-OH is 1. The predicted molar refractivity (Wildman–Crippen MR) is 226 cm³/mol. The molecule has 0 radical (unpaired) electrons. The molecule has 2 bridgehead atoms. The van der Waals surface area contributed by atoms with Crippen LogP contribution in [0, 0.1) is 16.7 Å². The highest BCUT2D eigenvalue weighted by Crippen LogP contribution is 2.66. The molecule has 15 heteroatoms. The number of rotatable bonds is 10. The third kappa shape index (κ3) is 7.96. The van der Waals surface area contributed by atoms with E-state index in [1.807, 2.05) is 27.7 Å². The molecule has 63 heavy (non-hydrogen) atoms. The van der Waals surface area contributed by atoms with Crippen molar-refractivity contribution in [2.75, 3.05) is 26.2 Å². The van der Waals surface area contributed by atoms with E-state index in [4.69, 9.17) is 33.2 Å². The van der Waals surface area contributed by atoms with Crippen molar-refractivity contribution < 1.29 is 62.5 Å². The second kappa shape index (κ2) is 16.6. The van der Waals surface area contributed by atoms with Gasteiger partial charge in [0, 0.05) is 30.7 Å². The minimum Gasteiger partial charge on any atom is -0.456 e. The van der Waals surface area contributed by atoms with Gasteiger partial charge in [0.1, 0.15) is 35.6 Å². The molecule has 2 aromatic carbocycles. The fraction of sp³-hybridized carbons (Fsp3) is 0.625. The summed E-state index contributed by atoms with van der Waals surface area (Å²) in [7, 11) is 0. The number of likely N-dealkylation sites (tertiary alicyclic amines) is 1. The first-order valence-corrected chi connectivity index (χ1v) is 22.2. The van der Waals surface area contributed by atoms with Gasteiger partial charge in [0.2, 0.25) is 0 Å². The number of alkyl carbamates (subject to hydrolysis) is 1. The molecule has 0 spiro atoms. The summed E-state index contributed by atoms with van der Waals surface area (Å²) in [4.78, 5) is 57.4. The van der Waals surface area contributed by atoms with E-state index in [1.165, 1.54) is 6.92 Å². The van der Waals surface area contributed by atoms with Crippen molar-refractivity contribution in [3.63, 3.8) is 0 Å². The summed E-state index contributed by atoms with van der Waals surface area (Å²) in [5, 5.41) is 28.4. The van der Waals surface area contributed by atoms with Crippen molar-refractivity contribution >= 4 is 24.0 Å². The number of esters is 3. The highest BCUT2D eigenvalue weighted by Gasteiger charge is 2.77. The zero-order valence-corrected chi connectivity index (χ0v) is 37.5. The van der Waals surface area contributed by atoms with Crippen LogP contribution in [0.15, 0.2) is 71.8 Å². The first-order valence-electron chi connectivity index (χ1n) is 22.2. The largest absolute Gasteiger partial charge is 0.456 e. The third-order valence-corrected chi connectivity index (χ3v) is 14.6. The van der Waals surface area contributed by atoms with Crippen molar-refractivity contribution in [2.24, 2.45) is 16.7 Å². The molecule has 5 fully saturated rings. The fourth-order valence-electron chi connectivity index (χ4n) is 11.3. The minimum atomic E-state index is -2.05. The topological polar surface area (TPSA) is 189 Å². The average Bonchev–Trinajstić information content (AvgIpc) is 3.62. The lowest BCUT2D eigenvalue weighted by Crippen LogP contribution is -2.79. The molecule has 3 saturated heterocycles. The highest BCUT2D eigenvalue weighted by molar-refractivity contribution is 5.89. The number of aliphatic hydroxyl groups is 2. The monoisotopic (exact) mass is 874 g/mol. The number of nitrogens with one attached hydrogen (secondary N) is 1. The summed E-state index contributed by atoms with van der Waals surface area (Å²) in [5.74, 6) is -3.26. The third-order valence-electron chi connectivity index (χ3n) is 14.6. The molecule has 8 rings (SSSR count). The minimum absolute atomic E-state index is 0.0132. The van der Waals surface area contributed by atoms with Gasteiger partial charge < -0.3 is 48.7 Å².